The lowest BCUT2D eigenvalue weighted by atomic mass is 9.96. The lowest BCUT2D eigenvalue weighted by Crippen LogP contribution is -1.93. The Labute approximate surface area is 265 Å². The Kier molecular flexibility index (Phi) is 6.04. The van der Waals surface area contributed by atoms with Crippen LogP contribution in [0.3, 0.4) is 0 Å². The quantitative estimate of drug-likeness (QED) is 0.195. The van der Waals surface area contributed by atoms with Gasteiger partial charge >= 0.3 is 0 Å². The standard InChI is InChI=1S/C42H26S2/c1-2-10-34-29(6-1)7-3-11-35(34)30-18-14-27(15-19-30)28-16-20-31(21-17-28)38-24-25-39(43-38)33-22-23-40-37(26-33)36-12-4-8-32-9-5-13-41(44-40)42(32)36/h1-26H. The molecule has 9 rings (SSSR count). The molecule has 0 aliphatic carbocycles. The minimum absolute atomic E-state index is 1.23. The average molecular weight is 595 g/mol. The van der Waals surface area contributed by atoms with E-state index in [-0.39, 0.29) is 0 Å². The molecule has 44 heavy (non-hydrogen) atoms. The third-order valence-corrected chi connectivity index (χ3v) is 11.1. The van der Waals surface area contributed by atoms with Gasteiger partial charge in [0.25, 0.3) is 0 Å². The molecule has 0 saturated heterocycles. The van der Waals surface area contributed by atoms with Crippen molar-refractivity contribution in [1.82, 2.24) is 0 Å². The number of rotatable bonds is 4. The Morgan fingerprint density at radius 1 is 0.341 bits per heavy atom. The molecule has 7 aromatic carbocycles. The molecule has 0 N–H and O–H groups in total. The fraction of sp³-hybridized carbons (Fsp3) is 0. The van der Waals surface area contributed by atoms with Gasteiger partial charge in [0.2, 0.25) is 0 Å². The monoisotopic (exact) mass is 594 g/mol. The van der Waals surface area contributed by atoms with E-state index in [0.717, 1.165) is 0 Å². The van der Waals surface area contributed by atoms with E-state index >= 15 is 0 Å². The Balaban J connectivity index is 0.987. The topological polar surface area (TPSA) is 0 Å². The van der Waals surface area contributed by atoms with Gasteiger partial charge in [0.15, 0.2) is 0 Å². The lowest BCUT2D eigenvalue weighted by molar-refractivity contribution is 1.40. The molecule has 8 aromatic rings. The number of hydrogen-bond acceptors (Lipinski definition) is 2. The third kappa shape index (κ3) is 4.30. The van der Waals surface area contributed by atoms with Crippen molar-refractivity contribution in [3.63, 3.8) is 0 Å². The molecule has 0 amide bonds. The van der Waals surface area contributed by atoms with Crippen LogP contribution in [0.25, 0.3) is 75.8 Å². The predicted molar refractivity (Wildman–Crippen MR) is 191 cm³/mol. The molecular weight excluding hydrogens is 569 g/mol. The molecule has 1 aliphatic heterocycles. The van der Waals surface area contributed by atoms with Crippen LogP contribution in [0.4, 0.5) is 0 Å². The molecule has 0 saturated carbocycles. The first-order valence-electron chi connectivity index (χ1n) is 14.9. The number of hydrogen-bond donors (Lipinski definition) is 0. The molecule has 0 radical (unpaired) electrons. The van der Waals surface area contributed by atoms with Gasteiger partial charge in [0, 0.05) is 24.9 Å². The highest BCUT2D eigenvalue weighted by molar-refractivity contribution is 7.99. The van der Waals surface area contributed by atoms with E-state index in [9.17, 15) is 0 Å². The maximum atomic E-state index is 2.38. The van der Waals surface area contributed by atoms with Crippen LogP contribution in [0.1, 0.15) is 0 Å². The van der Waals surface area contributed by atoms with E-state index in [1.54, 1.807) is 0 Å². The van der Waals surface area contributed by atoms with E-state index in [1.807, 2.05) is 23.1 Å². The number of thiophene rings is 1. The summed E-state index contributed by atoms with van der Waals surface area (Å²) in [6.45, 7) is 0. The Hall–Kier alpha value is -4.89. The van der Waals surface area contributed by atoms with E-state index in [1.165, 1.54) is 85.6 Å². The zero-order chi connectivity index (χ0) is 29.0. The fourth-order valence-corrected chi connectivity index (χ4v) is 8.65. The van der Waals surface area contributed by atoms with Gasteiger partial charge in [-0.25, -0.2) is 0 Å². The summed E-state index contributed by atoms with van der Waals surface area (Å²) in [6, 6.07) is 57.9. The lowest BCUT2D eigenvalue weighted by Gasteiger charge is -2.20. The van der Waals surface area contributed by atoms with Crippen molar-refractivity contribution >= 4 is 44.6 Å². The van der Waals surface area contributed by atoms with Gasteiger partial charge in [-0.3, -0.25) is 0 Å². The van der Waals surface area contributed by atoms with Crippen LogP contribution < -0.4 is 0 Å². The highest BCUT2D eigenvalue weighted by Gasteiger charge is 2.19. The second-order valence-corrected chi connectivity index (χ2v) is 13.5. The fourth-order valence-electron chi connectivity index (χ4n) is 6.51. The van der Waals surface area contributed by atoms with E-state index in [4.69, 9.17) is 0 Å². The van der Waals surface area contributed by atoms with Crippen molar-refractivity contribution in [3.05, 3.63) is 158 Å². The summed E-state index contributed by atoms with van der Waals surface area (Å²) in [5.41, 5.74) is 10.2. The summed E-state index contributed by atoms with van der Waals surface area (Å²) in [5.74, 6) is 0. The summed E-state index contributed by atoms with van der Waals surface area (Å²) in [7, 11) is 0. The second kappa shape index (κ2) is 10.4. The highest BCUT2D eigenvalue weighted by Crippen LogP contribution is 2.49. The summed E-state index contributed by atoms with van der Waals surface area (Å²) in [4.78, 5) is 5.27. The summed E-state index contributed by atoms with van der Waals surface area (Å²) >= 11 is 3.75. The van der Waals surface area contributed by atoms with Crippen LogP contribution in [0.5, 0.6) is 0 Å². The smallest absolute Gasteiger partial charge is 0.0349 e. The molecule has 0 nitrogen and oxygen atoms in total. The van der Waals surface area contributed by atoms with Crippen molar-refractivity contribution in [3.8, 4) is 54.3 Å². The third-order valence-electron chi connectivity index (χ3n) is 8.73. The van der Waals surface area contributed by atoms with Crippen LogP contribution in [-0.2, 0) is 0 Å². The summed E-state index contributed by atoms with van der Waals surface area (Å²) in [5, 5.41) is 5.25. The van der Waals surface area contributed by atoms with Crippen LogP contribution in [0.15, 0.2) is 168 Å². The zero-order valence-electron chi connectivity index (χ0n) is 23.8. The first kappa shape index (κ1) is 25.6. The molecule has 0 fully saturated rings. The molecule has 0 unspecified atom stereocenters. The van der Waals surface area contributed by atoms with Gasteiger partial charge < -0.3 is 0 Å². The van der Waals surface area contributed by atoms with Gasteiger partial charge in [0.1, 0.15) is 0 Å². The molecular formula is C42H26S2. The van der Waals surface area contributed by atoms with Gasteiger partial charge in [-0.1, -0.05) is 139 Å². The van der Waals surface area contributed by atoms with Crippen molar-refractivity contribution in [1.29, 1.82) is 0 Å². The van der Waals surface area contributed by atoms with Crippen molar-refractivity contribution in [2.45, 2.75) is 9.79 Å². The first-order chi connectivity index (χ1) is 21.8. The SMILES string of the molecule is c1ccc2c(-c3ccc(-c4ccc(-c5ccc(-c6ccc7c(c6)-c6cccc8cccc(c68)S7)s5)cc4)cc3)cccc2c1. The number of benzene rings is 7. The molecule has 1 aliphatic rings. The Morgan fingerprint density at radius 2 is 0.932 bits per heavy atom. The highest BCUT2D eigenvalue weighted by atomic mass is 32.2. The van der Waals surface area contributed by atoms with Crippen LogP contribution in [0.2, 0.25) is 0 Å². The molecule has 2 heteroatoms. The van der Waals surface area contributed by atoms with Crippen molar-refractivity contribution in [2.75, 3.05) is 0 Å². The van der Waals surface area contributed by atoms with E-state index < -0.39 is 0 Å². The second-order valence-electron chi connectivity index (χ2n) is 11.3. The maximum absolute atomic E-state index is 2.38. The van der Waals surface area contributed by atoms with Gasteiger partial charge in [-0.05, 0) is 91.0 Å². The molecule has 0 bridgehead atoms. The minimum Gasteiger partial charge on any atom is -0.135 e. The van der Waals surface area contributed by atoms with Crippen molar-refractivity contribution in [2.24, 2.45) is 0 Å². The largest absolute Gasteiger partial charge is 0.135 e. The Morgan fingerprint density at radius 3 is 1.73 bits per heavy atom. The van der Waals surface area contributed by atoms with E-state index in [0.29, 0.717) is 0 Å². The van der Waals surface area contributed by atoms with Gasteiger partial charge in [0.05, 0.1) is 0 Å². The van der Waals surface area contributed by atoms with Gasteiger partial charge in [-0.2, -0.15) is 0 Å². The molecule has 1 aromatic heterocycles. The normalized spacial score (nSPS) is 12.0. The average Bonchev–Trinajstić information content (AvgIpc) is 3.59. The van der Waals surface area contributed by atoms with Gasteiger partial charge in [-0.15, -0.1) is 11.3 Å². The Bertz CT molecular complexity index is 2330. The van der Waals surface area contributed by atoms with Crippen molar-refractivity contribution < 1.29 is 0 Å². The van der Waals surface area contributed by atoms with Crippen LogP contribution in [0, 0.1) is 0 Å². The predicted octanol–water partition coefficient (Wildman–Crippen LogP) is 12.9. The number of fused-ring (bicyclic) bond motifs is 3. The van der Waals surface area contributed by atoms with Crippen LogP contribution >= 0.6 is 23.1 Å². The van der Waals surface area contributed by atoms with E-state index in [2.05, 4.69) is 158 Å². The minimum atomic E-state index is 1.23. The maximum Gasteiger partial charge on any atom is 0.0349 e. The molecule has 0 atom stereocenters. The summed E-state index contributed by atoms with van der Waals surface area (Å²) in [6.07, 6.45) is 0. The first-order valence-corrected chi connectivity index (χ1v) is 16.6. The zero-order valence-corrected chi connectivity index (χ0v) is 25.5. The molecule has 2 heterocycles. The molecule has 0 spiro atoms. The summed E-state index contributed by atoms with van der Waals surface area (Å²) < 4.78 is 0. The molecule has 206 valence electrons. The van der Waals surface area contributed by atoms with Crippen LogP contribution in [-0.4, -0.2) is 0 Å².